The highest BCUT2D eigenvalue weighted by Gasteiger charge is 2.48. The van der Waals surface area contributed by atoms with Gasteiger partial charge in [-0.1, -0.05) is 18.1 Å². The first-order chi connectivity index (χ1) is 16.0. The Labute approximate surface area is 196 Å². The highest BCUT2D eigenvalue weighted by atomic mass is 19.3. The highest BCUT2D eigenvalue weighted by molar-refractivity contribution is 5.91. The molecular formula is C25H26F3N3O3. The van der Waals surface area contributed by atoms with E-state index in [9.17, 15) is 13.9 Å². The Morgan fingerprint density at radius 2 is 1.91 bits per heavy atom. The van der Waals surface area contributed by atoms with Crippen molar-refractivity contribution in [2.75, 3.05) is 25.6 Å². The van der Waals surface area contributed by atoms with Gasteiger partial charge in [0.05, 0.1) is 23.3 Å². The molecule has 0 bridgehead atoms. The van der Waals surface area contributed by atoms with E-state index in [0.29, 0.717) is 40.5 Å². The lowest BCUT2D eigenvalue weighted by Crippen LogP contribution is -2.41. The Bertz CT molecular complexity index is 1230. The molecule has 2 aromatic carbocycles. The zero-order chi connectivity index (χ0) is 25.1. The molecule has 3 rings (SSSR count). The van der Waals surface area contributed by atoms with E-state index in [1.807, 2.05) is 0 Å². The molecule has 34 heavy (non-hydrogen) atoms. The Morgan fingerprint density at radius 3 is 2.56 bits per heavy atom. The van der Waals surface area contributed by atoms with Crippen molar-refractivity contribution < 1.29 is 27.8 Å². The largest absolute Gasteiger partial charge is 0.490 e. The number of aryl methyl sites for hydroxylation is 1. The summed E-state index contributed by atoms with van der Waals surface area (Å²) in [4.78, 5) is 8.79. The summed E-state index contributed by atoms with van der Waals surface area (Å²) in [5.41, 5.74) is -2.28. The maximum atomic E-state index is 15.0. The van der Waals surface area contributed by atoms with Crippen molar-refractivity contribution in [2.45, 2.75) is 38.8 Å². The number of hydrogen-bond donors (Lipinski definition) is 2. The molecule has 0 aliphatic carbocycles. The predicted octanol–water partition coefficient (Wildman–Crippen LogP) is 4.56. The van der Waals surface area contributed by atoms with Gasteiger partial charge in [-0.25, -0.2) is 14.4 Å². The van der Waals surface area contributed by atoms with Crippen molar-refractivity contribution in [2.24, 2.45) is 0 Å². The Kier molecular flexibility index (Phi) is 7.34. The lowest BCUT2D eigenvalue weighted by atomic mass is 9.92. The molecule has 180 valence electrons. The minimum Gasteiger partial charge on any atom is -0.490 e. The number of aliphatic hydroxyl groups is 1. The summed E-state index contributed by atoms with van der Waals surface area (Å²) in [6.45, 7) is 4.06. The Hall–Kier alpha value is -3.35. The van der Waals surface area contributed by atoms with Crippen molar-refractivity contribution >= 4 is 16.7 Å². The summed E-state index contributed by atoms with van der Waals surface area (Å²) in [5.74, 6) is -1.09. The average Bonchev–Trinajstić information content (AvgIpc) is 2.77. The molecule has 0 saturated carbocycles. The monoisotopic (exact) mass is 473 g/mol. The number of benzene rings is 2. The number of ether oxygens (including phenoxy) is 2. The minimum atomic E-state index is -3.79. The summed E-state index contributed by atoms with van der Waals surface area (Å²) < 4.78 is 54.9. The topological polar surface area (TPSA) is 76.5 Å². The van der Waals surface area contributed by atoms with Gasteiger partial charge in [-0.3, -0.25) is 0 Å². The quantitative estimate of drug-likeness (QED) is 0.351. The van der Waals surface area contributed by atoms with E-state index in [0.717, 1.165) is 19.9 Å². The number of halogens is 3. The van der Waals surface area contributed by atoms with Crippen molar-refractivity contribution in [1.29, 1.82) is 0 Å². The number of hydrogen-bond acceptors (Lipinski definition) is 6. The van der Waals surface area contributed by atoms with Crippen molar-refractivity contribution in [3.05, 3.63) is 58.7 Å². The smallest absolute Gasteiger partial charge is 0.303 e. The lowest BCUT2D eigenvalue weighted by molar-refractivity contribution is -0.170. The normalized spacial score (nSPS) is 12.0. The van der Waals surface area contributed by atoms with Gasteiger partial charge in [-0.2, -0.15) is 8.78 Å². The minimum absolute atomic E-state index is 0.0114. The molecular weight excluding hydrogens is 447 g/mol. The van der Waals surface area contributed by atoms with E-state index in [-0.39, 0.29) is 18.7 Å². The number of nitrogens with zero attached hydrogens (tertiary/aromatic N) is 2. The molecule has 0 aliphatic rings. The number of methoxy groups -OCH3 is 1. The van der Waals surface area contributed by atoms with Crippen LogP contribution in [0.1, 0.15) is 36.4 Å². The summed E-state index contributed by atoms with van der Waals surface area (Å²) in [7, 11) is 1.55. The summed E-state index contributed by atoms with van der Waals surface area (Å²) in [6.07, 6.45) is 5.61. The third-order valence-electron chi connectivity index (χ3n) is 5.24. The molecule has 0 radical (unpaired) electrons. The second-order valence-electron chi connectivity index (χ2n) is 8.24. The Balaban J connectivity index is 1.97. The van der Waals surface area contributed by atoms with Gasteiger partial charge in [0.1, 0.15) is 35.4 Å². The SMILES string of the molecule is C#Cc1cc2nc(C)nc(NCc3cccc(C(F)(F)C(C)(C)O)c3F)c2cc1OCCOC. The van der Waals surface area contributed by atoms with Crippen LogP contribution in [0.3, 0.4) is 0 Å². The molecule has 0 unspecified atom stereocenters. The standard InChI is InChI=1S/C25H26F3N3O3/c1-6-16-12-20-18(13-21(16)34-11-10-33-5)23(31-15(2)30-20)29-14-17-8-7-9-19(22(17)26)25(27,28)24(3,4)32/h1,7-9,12-13,32H,10-11,14H2,2-5H3,(H,29,30,31). The lowest BCUT2D eigenvalue weighted by Gasteiger charge is -2.30. The van der Waals surface area contributed by atoms with E-state index < -0.39 is 22.9 Å². The summed E-state index contributed by atoms with van der Waals surface area (Å²) in [6, 6.07) is 7.03. The second kappa shape index (κ2) is 9.87. The maximum Gasteiger partial charge on any atom is 0.303 e. The molecule has 1 aromatic heterocycles. The van der Waals surface area contributed by atoms with Gasteiger partial charge in [0.15, 0.2) is 0 Å². The predicted molar refractivity (Wildman–Crippen MR) is 123 cm³/mol. The van der Waals surface area contributed by atoms with Crippen LogP contribution < -0.4 is 10.1 Å². The van der Waals surface area contributed by atoms with Gasteiger partial charge in [0.25, 0.3) is 0 Å². The van der Waals surface area contributed by atoms with E-state index >= 15 is 4.39 Å². The van der Waals surface area contributed by atoms with Gasteiger partial charge in [0, 0.05) is 24.6 Å². The van der Waals surface area contributed by atoms with Gasteiger partial charge in [0.2, 0.25) is 0 Å². The Morgan fingerprint density at radius 1 is 1.18 bits per heavy atom. The third-order valence-corrected chi connectivity index (χ3v) is 5.24. The molecule has 0 saturated heterocycles. The van der Waals surface area contributed by atoms with Crippen LogP contribution in [-0.2, 0) is 17.2 Å². The first-order valence-electron chi connectivity index (χ1n) is 10.5. The van der Waals surface area contributed by atoms with Crippen molar-refractivity contribution in [3.63, 3.8) is 0 Å². The van der Waals surface area contributed by atoms with Gasteiger partial charge in [-0.05, 0) is 39.0 Å². The van der Waals surface area contributed by atoms with Crippen LogP contribution in [0.4, 0.5) is 19.0 Å². The fraction of sp³-hybridized carbons (Fsp3) is 0.360. The molecule has 2 N–H and O–H groups in total. The van der Waals surface area contributed by atoms with Crippen LogP contribution in [0, 0.1) is 25.1 Å². The van der Waals surface area contributed by atoms with E-state index in [2.05, 4.69) is 21.2 Å². The maximum absolute atomic E-state index is 15.0. The van der Waals surface area contributed by atoms with Crippen LogP contribution >= 0.6 is 0 Å². The van der Waals surface area contributed by atoms with E-state index in [1.54, 1.807) is 26.2 Å². The van der Waals surface area contributed by atoms with Gasteiger partial charge in [-0.15, -0.1) is 6.42 Å². The molecule has 0 amide bonds. The molecule has 9 heteroatoms. The third kappa shape index (κ3) is 5.08. The number of nitrogens with one attached hydrogen (secondary N) is 1. The van der Waals surface area contributed by atoms with Gasteiger partial charge < -0.3 is 19.9 Å². The number of fused-ring (bicyclic) bond motifs is 1. The van der Waals surface area contributed by atoms with Gasteiger partial charge >= 0.3 is 5.92 Å². The fourth-order valence-electron chi connectivity index (χ4n) is 3.34. The molecule has 0 atom stereocenters. The first-order valence-corrected chi connectivity index (χ1v) is 10.5. The van der Waals surface area contributed by atoms with Crippen LogP contribution in [0.2, 0.25) is 0 Å². The van der Waals surface area contributed by atoms with E-state index in [1.165, 1.54) is 12.1 Å². The van der Waals surface area contributed by atoms with E-state index in [4.69, 9.17) is 15.9 Å². The van der Waals surface area contributed by atoms with Crippen LogP contribution in [-0.4, -0.2) is 41.0 Å². The first kappa shape index (κ1) is 25.3. The number of alkyl halides is 2. The average molecular weight is 473 g/mol. The highest BCUT2D eigenvalue weighted by Crippen LogP contribution is 2.40. The second-order valence-corrected chi connectivity index (χ2v) is 8.24. The molecule has 0 spiro atoms. The summed E-state index contributed by atoms with van der Waals surface area (Å²) >= 11 is 0. The van der Waals surface area contributed by atoms with Crippen molar-refractivity contribution in [1.82, 2.24) is 9.97 Å². The van der Waals surface area contributed by atoms with Crippen LogP contribution in [0.25, 0.3) is 10.9 Å². The number of anilines is 1. The number of terminal acetylenes is 1. The zero-order valence-electron chi connectivity index (χ0n) is 19.4. The molecule has 0 aliphatic heterocycles. The molecule has 1 heterocycles. The number of rotatable bonds is 9. The molecule has 3 aromatic rings. The zero-order valence-corrected chi connectivity index (χ0v) is 19.4. The molecule has 0 fully saturated rings. The van der Waals surface area contributed by atoms with Crippen LogP contribution in [0.15, 0.2) is 30.3 Å². The van der Waals surface area contributed by atoms with Crippen molar-refractivity contribution in [3.8, 4) is 18.1 Å². The summed E-state index contributed by atoms with van der Waals surface area (Å²) in [5, 5.41) is 13.4. The fourth-order valence-corrected chi connectivity index (χ4v) is 3.34. The molecule has 6 nitrogen and oxygen atoms in total. The van der Waals surface area contributed by atoms with Crippen LogP contribution in [0.5, 0.6) is 5.75 Å². The number of aromatic nitrogens is 2.